The van der Waals surface area contributed by atoms with E-state index in [-0.39, 0.29) is 17.6 Å². The summed E-state index contributed by atoms with van der Waals surface area (Å²) in [6.07, 6.45) is -0.915. The van der Waals surface area contributed by atoms with Crippen molar-refractivity contribution in [1.82, 2.24) is 0 Å². The molecule has 162 valence electrons. The van der Waals surface area contributed by atoms with Gasteiger partial charge in [0.15, 0.2) is 6.10 Å². The van der Waals surface area contributed by atoms with Gasteiger partial charge in [-0.25, -0.2) is 9.96 Å². The molecule has 0 radical (unpaired) electrons. The number of carbonyl (C=O) groups is 2. The number of anilines is 2. The Morgan fingerprint density at radius 2 is 1.47 bits per heavy atom. The van der Waals surface area contributed by atoms with Crippen molar-refractivity contribution in [3.63, 3.8) is 0 Å². The standard InChI is InChI=1S/C26H24N2O4/c1-15-13-16(2)22(17(3)14-15)27-25(30)21-23(18-9-11-20(29)12-10-18)28(32-24(21)26(27)31)19-7-5-4-6-8-19/h4-14,21,23-24,29H,1-3H3/t21-,23-,24-/m0/s1. The first-order valence-electron chi connectivity index (χ1n) is 10.6. The Balaban J connectivity index is 1.61. The number of phenolic OH excluding ortho intramolecular Hbond substituents is 1. The molecule has 0 aliphatic carbocycles. The van der Waals surface area contributed by atoms with Gasteiger partial charge in [-0.05, 0) is 61.7 Å². The smallest absolute Gasteiger partial charge is 0.266 e. The average Bonchev–Trinajstić information content (AvgIpc) is 3.26. The first-order chi connectivity index (χ1) is 15.4. The maximum atomic E-state index is 13.8. The van der Waals surface area contributed by atoms with E-state index in [1.165, 1.54) is 4.90 Å². The summed E-state index contributed by atoms with van der Waals surface area (Å²) in [5.74, 6) is -1.19. The topological polar surface area (TPSA) is 70.1 Å². The number of hydroxylamine groups is 1. The first-order valence-corrected chi connectivity index (χ1v) is 10.6. The van der Waals surface area contributed by atoms with E-state index in [0.29, 0.717) is 5.69 Å². The lowest BCUT2D eigenvalue weighted by molar-refractivity contribution is -0.126. The number of hydrogen-bond donors (Lipinski definition) is 1. The van der Waals surface area contributed by atoms with Gasteiger partial charge in [0.25, 0.3) is 5.91 Å². The molecule has 0 saturated carbocycles. The van der Waals surface area contributed by atoms with E-state index in [4.69, 9.17) is 4.84 Å². The van der Waals surface area contributed by atoms with Crippen molar-refractivity contribution in [3.05, 3.63) is 89.0 Å². The molecular formula is C26H24N2O4. The molecule has 5 rings (SSSR count). The molecule has 2 saturated heterocycles. The lowest BCUT2D eigenvalue weighted by Crippen LogP contribution is -2.38. The van der Waals surface area contributed by atoms with Crippen LogP contribution in [0.3, 0.4) is 0 Å². The molecule has 6 heteroatoms. The van der Waals surface area contributed by atoms with Gasteiger partial charge in [0, 0.05) is 0 Å². The molecule has 0 aromatic heterocycles. The summed E-state index contributed by atoms with van der Waals surface area (Å²) in [6.45, 7) is 5.82. The maximum absolute atomic E-state index is 13.8. The molecule has 1 N–H and O–H groups in total. The van der Waals surface area contributed by atoms with E-state index >= 15 is 0 Å². The number of nitrogens with zero attached hydrogens (tertiary/aromatic N) is 2. The number of amides is 2. The summed E-state index contributed by atoms with van der Waals surface area (Å²) in [5, 5.41) is 11.4. The van der Waals surface area contributed by atoms with Crippen molar-refractivity contribution in [2.24, 2.45) is 5.92 Å². The minimum atomic E-state index is -0.915. The number of aryl methyl sites for hydroxylation is 3. The van der Waals surface area contributed by atoms with Crippen LogP contribution in [-0.4, -0.2) is 23.0 Å². The highest BCUT2D eigenvalue weighted by Crippen LogP contribution is 2.48. The van der Waals surface area contributed by atoms with Gasteiger partial charge in [0.2, 0.25) is 5.91 Å². The zero-order valence-corrected chi connectivity index (χ0v) is 18.1. The molecule has 0 spiro atoms. The summed E-state index contributed by atoms with van der Waals surface area (Å²) in [6, 6.07) is 19.6. The van der Waals surface area contributed by atoms with Crippen LogP contribution >= 0.6 is 0 Å². The van der Waals surface area contributed by atoms with Gasteiger partial charge >= 0.3 is 0 Å². The van der Waals surface area contributed by atoms with Crippen molar-refractivity contribution >= 4 is 23.2 Å². The van der Waals surface area contributed by atoms with Gasteiger partial charge in [-0.1, -0.05) is 48.0 Å². The molecule has 6 nitrogen and oxygen atoms in total. The third-order valence-corrected chi connectivity index (χ3v) is 6.22. The molecule has 2 aliphatic heterocycles. The Kier molecular flexibility index (Phi) is 4.75. The number of rotatable bonds is 3. The molecule has 2 amide bonds. The summed E-state index contributed by atoms with van der Waals surface area (Å²) in [7, 11) is 0. The molecule has 2 aliphatic rings. The van der Waals surface area contributed by atoms with Crippen LogP contribution in [0.4, 0.5) is 11.4 Å². The highest BCUT2D eigenvalue weighted by Gasteiger charge is 2.60. The van der Waals surface area contributed by atoms with E-state index in [1.54, 1.807) is 29.3 Å². The van der Waals surface area contributed by atoms with Crippen molar-refractivity contribution in [2.75, 3.05) is 9.96 Å². The van der Waals surface area contributed by atoms with E-state index in [0.717, 1.165) is 27.9 Å². The second-order valence-corrected chi connectivity index (χ2v) is 8.51. The highest BCUT2D eigenvalue weighted by atomic mass is 16.7. The Morgan fingerprint density at radius 3 is 2.09 bits per heavy atom. The Labute approximate surface area is 186 Å². The zero-order chi connectivity index (χ0) is 22.6. The number of imide groups is 1. The summed E-state index contributed by atoms with van der Waals surface area (Å²) >= 11 is 0. The molecule has 3 aromatic rings. The van der Waals surface area contributed by atoms with Crippen molar-refractivity contribution in [3.8, 4) is 5.75 Å². The lowest BCUT2D eigenvalue weighted by atomic mass is 9.90. The minimum absolute atomic E-state index is 0.136. The number of hydrogen-bond acceptors (Lipinski definition) is 5. The Morgan fingerprint density at radius 1 is 0.844 bits per heavy atom. The second-order valence-electron chi connectivity index (χ2n) is 8.51. The Bertz CT molecular complexity index is 1180. The van der Waals surface area contributed by atoms with Gasteiger partial charge in [-0.3, -0.25) is 14.4 Å². The fourth-order valence-electron chi connectivity index (χ4n) is 4.97. The van der Waals surface area contributed by atoms with E-state index in [2.05, 4.69) is 0 Å². The van der Waals surface area contributed by atoms with Crippen LogP contribution in [-0.2, 0) is 14.4 Å². The fourth-order valence-corrected chi connectivity index (χ4v) is 4.97. The molecule has 3 aromatic carbocycles. The van der Waals surface area contributed by atoms with Crippen LogP contribution < -0.4 is 9.96 Å². The molecule has 2 heterocycles. The SMILES string of the molecule is Cc1cc(C)c(N2C(=O)[C@@H]3[C@H](ON(c4ccccc4)[C@H]3c3ccc(O)cc3)C2=O)c(C)c1. The molecule has 3 atom stereocenters. The third kappa shape index (κ3) is 3.07. The molecule has 0 bridgehead atoms. The van der Waals surface area contributed by atoms with Crippen LogP contribution in [0.1, 0.15) is 28.3 Å². The third-order valence-electron chi connectivity index (χ3n) is 6.22. The zero-order valence-electron chi connectivity index (χ0n) is 18.1. The van der Waals surface area contributed by atoms with Gasteiger partial charge in [-0.2, -0.15) is 0 Å². The Hall–Kier alpha value is -3.64. The van der Waals surface area contributed by atoms with Crippen LogP contribution in [0, 0.1) is 26.7 Å². The first kappa shape index (κ1) is 20.3. The summed E-state index contributed by atoms with van der Waals surface area (Å²) < 4.78 is 0. The van der Waals surface area contributed by atoms with Crippen LogP contribution in [0.25, 0.3) is 0 Å². The number of phenols is 1. The van der Waals surface area contributed by atoms with E-state index in [9.17, 15) is 14.7 Å². The van der Waals surface area contributed by atoms with Gasteiger partial charge < -0.3 is 5.11 Å². The highest BCUT2D eigenvalue weighted by molar-refractivity contribution is 6.24. The van der Waals surface area contributed by atoms with Crippen LogP contribution in [0.2, 0.25) is 0 Å². The van der Waals surface area contributed by atoms with Gasteiger partial charge in [0.1, 0.15) is 11.7 Å². The normalized spacial score (nSPS) is 22.5. The number of fused-ring (bicyclic) bond motifs is 1. The number of aromatic hydroxyl groups is 1. The number of para-hydroxylation sites is 1. The van der Waals surface area contributed by atoms with E-state index in [1.807, 2.05) is 63.2 Å². The predicted molar refractivity (Wildman–Crippen MR) is 121 cm³/mol. The average molecular weight is 428 g/mol. The maximum Gasteiger partial charge on any atom is 0.266 e. The quantitative estimate of drug-likeness (QED) is 0.628. The molecular weight excluding hydrogens is 404 g/mol. The van der Waals surface area contributed by atoms with Crippen molar-refractivity contribution < 1.29 is 19.5 Å². The van der Waals surface area contributed by atoms with Crippen molar-refractivity contribution in [2.45, 2.75) is 32.9 Å². The van der Waals surface area contributed by atoms with Crippen LogP contribution in [0.15, 0.2) is 66.7 Å². The largest absolute Gasteiger partial charge is 0.508 e. The second kappa shape index (κ2) is 7.50. The van der Waals surface area contributed by atoms with E-state index < -0.39 is 18.1 Å². The van der Waals surface area contributed by atoms with Gasteiger partial charge in [0.05, 0.1) is 17.4 Å². The molecule has 32 heavy (non-hydrogen) atoms. The van der Waals surface area contributed by atoms with Crippen molar-refractivity contribution in [1.29, 1.82) is 0 Å². The fraction of sp³-hybridized carbons (Fsp3) is 0.231. The summed E-state index contributed by atoms with van der Waals surface area (Å²) in [5.41, 5.74) is 5.03. The van der Waals surface area contributed by atoms with Gasteiger partial charge in [-0.15, -0.1) is 0 Å². The number of carbonyl (C=O) groups excluding carboxylic acids is 2. The molecule has 2 fully saturated rings. The molecule has 0 unspecified atom stereocenters. The lowest BCUT2D eigenvalue weighted by Gasteiger charge is -2.29. The summed E-state index contributed by atoms with van der Waals surface area (Å²) in [4.78, 5) is 34.7. The van der Waals surface area contributed by atoms with Crippen LogP contribution in [0.5, 0.6) is 5.75 Å². The predicted octanol–water partition coefficient (Wildman–Crippen LogP) is 4.37. The number of benzene rings is 3. The monoisotopic (exact) mass is 428 g/mol. The minimum Gasteiger partial charge on any atom is -0.508 e.